The van der Waals surface area contributed by atoms with Crippen LogP contribution in [0.15, 0.2) is 18.2 Å². The van der Waals surface area contributed by atoms with E-state index in [9.17, 15) is 14.9 Å². The molecule has 0 aliphatic carbocycles. The standard InChI is InChI=1S/C13H17N3O3.ClH/c1-2-4-10(14)13(17)15-8-7-9-11(15)5-3-6-12(9)16(18)19;/h3,5-6,10H,2,4,7-8,14H2,1H3;1H. The highest BCUT2D eigenvalue weighted by molar-refractivity contribution is 5.99. The smallest absolute Gasteiger partial charge is 0.274 e. The van der Waals surface area contributed by atoms with Crippen molar-refractivity contribution in [2.24, 2.45) is 5.73 Å². The van der Waals surface area contributed by atoms with Crippen LogP contribution in [0.5, 0.6) is 0 Å². The average Bonchev–Trinajstić information content (AvgIpc) is 2.81. The summed E-state index contributed by atoms with van der Waals surface area (Å²) < 4.78 is 0. The van der Waals surface area contributed by atoms with Gasteiger partial charge in [-0.15, -0.1) is 12.4 Å². The van der Waals surface area contributed by atoms with Gasteiger partial charge in [-0.2, -0.15) is 0 Å². The van der Waals surface area contributed by atoms with Crippen LogP contribution in [0.1, 0.15) is 25.3 Å². The number of hydrogen-bond donors (Lipinski definition) is 1. The van der Waals surface area contributed by atoms with Crippen molar-refractivity contribution in [1.29, 1.82) is 0 Å². The summed E-state index contributed by atoms with van der Waals surface area (Å²) in [7, 11) is 0. The molecule has 1 aromatic rings. The number of nitro groups is 1. The maximum Gasteiger partial charge on any atom is 0.274 e. The number of rotatable bonds is 4. The summed E-state index contributed by atoms with van der Waals surface area (Å²) >= 11 is 0. The number of hydrogen-bond acceptors (Lipinski definition) is 4. The molecule has 0 aromatic heterocycles. The van der Waals surface area contributed by atoms with Gasteiger partial charge >= 0.3 is 0 Å². The number of nitrogens with two attached hydrogens (primary N) is 1. The molecule has 110 valence electrons. The van der Waals surface area contributed by atoms with Gasteiger partial charge in [0, 0.05) is 12.6 Å². The second kappa shape index (κ2) is 6.67. The fourth-order valence-corrected chi connectivity index (χ4v) is 2.45. The number of amides is 1. The van der Waals surface area contributed by atoms with Gasteiger partial charge in [0.15, 0.2) is 0 Å². The highest BCUT2D eigenvalue weighted by Gasteiger charge is 2.32. The molecule has 1 atom stereocenters. The third-order valence-electron chi connectivity index (χ3n) is 3.38. The van der Waals surface area contributed by atoms with Gasteiger partial charge in [0.25, 0.3) is 5.69 Å². The SMILES string of the molecule is CCCC(N)C(=O)N1CCc2c1cccc2[N+](=O)[O-].Cl. The number of nitro benzene ring substituents is 1. The van der Waals surface area contributed by atoms with E-state index in [1.807, 2.05) is 6.92 Å². The first-order chi connectivity index (χ1) is 9.06. The van der Waals surface area contributed by atoms with E-state index in [4.69, 9.17) is 5.73 Å². The van der Waals surface area contributed by atoms with Crippen molar-refractivity contribution in [3.05, 3.63) is 33.9 Å². The van der Waals surface area contributed by atoms with Crippen molar-refractivity contribution in [3.8, 4) is 0 Å². The lowest BCUT2D eigenvalue weighted by molar-refractivity contribution is -0.385. The van der Waals surface area contributed by atoms with Crippen LogP contribution in [0.3, 0.4) is 0 Å². The monoisotopic (exact) mass is 299 g/mol. The van der Waals surface area contributed by atoms with E-state index in [-0.39, 0.29) is 24.0 Å². The van der Waals surface area contributed by atoms with E-state index < -0.39 is 11.0 Å². The quantitative estimate of drug-likeness (QED) is 0.680. The molecular weight excluding hydrogens is 282 g/mol. The van der Waals surface area contributed by atoms with Crippen LogP contribution in [0.4, 0.5) is 11.4 Å². The maximum absolute atomic E-state index is 12.2. The first-order valence-corrected chi connectivity index (χ1v) is 6.39. The third kappa shape index (κ3) is 2.91. The van der Waals surface area contributed by atoms with Crippen molar-refractivity contribution in [2.75, 3.05) is 11.4 Å². The second-order valence-electron chi connectivity index (χ2n) is 4.67. The molecule has 1 aliphatic heterocycles. The molecular formula is C13H18ClN3O3. The van der Waals surface area contributed by atoms with Gasteiger partial charge in [0.1, 0.15) is 0 Å². The van der Waals surface area contributed by atoms with Crippen molar-refractivity contribution in [1.82, 2.24) is 0 Å². The first kappa shape index (κ1) is 16.4. The highest BCUT2D eigenvalue weighted by atomic mass is 35.5. The molecule has 0 saturated heterocycles. The molecule has 0 fully saturated rings. The van der Waals surface area contributed by atoms with Gasteiger partial charge in [0.2, 0.25) is 5.91 Å². The lowest BCUT2D eigenvalue weighted by Crippen LogP contribution is -2.43. The zero-order valence-electron chi connectivity index (χ0n) is 11.2. The Kier molecular flexibility index (Phi) is 5.47. The number of nitrogens with zero attached hydrogens (tertiary/aromatic N) is 2. The Labute approximate surface area is 123 Å². The number of benzene rings is 1. The van der Waals surface area contributed by atoms with Crippen LogP contribution in [-0.2, 0) is 11.2 Å². The Morgan fingerprint density at radius 3 is 2.85 bits per heavy atom. The molecule has 2 rings (SSSR count). The lowest BCUT2D eigenvalue weighted by atomic mass is 10.1. The molecule has 2 N–H and O–H groups in total. The van der Waals surface area contributed by atoms with E-state index in [1.165, 1.54) is 6.07 Å². The summed E-state index contributed by atoms with van der Waals surface area (Å²) in [6.07, 6.45) is 1.97. The molecule has 1 heterocycles. The fraction of sp³-hybridized carbons (Fsp3) is 0.462. The number of carbonyl (C=O) groups is 1. The number of carbonyl (C=O) groups excluding carboxylic acids is 1. The van der Waals surface area contributed by atoms with Crippen LogP contribution in [0, 0.1) is 10.1 Å². The predicted molar refractivity (Wildman–Crippen MR) is 79.3 cm³/mol. The minimum atomic E-state index is -0.532. The fourth-order valence-electron chi connectivity index (χ4n) is 2.45. The summed E-state index contributed by atoms with van der Waals surface area (Å²) in [5.74, 6) is -0.152. The zero-order chi connectivity index (χ0) is 14.0. The van der Waals surface area contributed by atoms with Crippen molar-refractivity contribution in [2.45, 2.75) is 32.2 Å². The van der Waals surface area contributed by atoms with Gasteiger partial charge in [-0.3, -0.25) is 14.9 Å². The van der Waals surface area contributed by atoms with Crippen LogP contribution in [-0.4, -0.2) is 23.4 Å². The minimum Gasteiger partial charge on any atom is -0.320 e. The van der Waals surface area contributed by atoms with Gasteiger partial charge in [-0.1, -0.05) is 19.4 Å². The van der Waals surface area contributed by atoms with Gasteiger partial charge in [-0.25, -0.2) is 0 Å². The van der Waals surface area contributed by atoms with Crippen LogP contribution in [0.2, 0.25) is 0 Å². The van der Waals surface area contributed by atoms with Crippen LogP contribution >= 0.6 is 12.4 Å². The molecule has 20 heavy (non-hydrogen) atoms. The Hall–Kier alpha value is -1.66. The van der Waals surface area contributed by atoms with E-state index in [1.54, 1.807) is 17.0 Å². The minimum absolute atomic E-state index is 0. The summed E-state index contributed by atoms with van der Waals surface area (Å²) in [5, 5.41) is 11.0. The summed E-state index contributed by atoms with van der Waals surface area (Å²) in [5.41, 5.74) is 7.18. The Balaban J connectivity index is 0.00000200. The molecule has 7 heteroatoms. The molecule has 0 spiro atoms. The Morgan fingerprint density at radius 2 is 2.25 bits per heavy atom. The van der Waals surface area contributed by atoms with Crippen molar-refractivity contribution in [3.63, 3.8) is 0 Å². The maximum atomic E-state index is 12.2. The van der Waals surface area contributed by atoms with E-state index in [2.05, 4.69) is 0 Å². The Morgan fingerprint density at radius 1 is 1.55 bits per heavy atom. The van der Waals surface area contributed by atoms with Crippen LogP contribution in [0.25, 0.3) is 0 Å². The largest absolute Gasteiger partial charge is 0.320 e. The van der Waals surface area contributed by atoms with Crippen molar-refractivity contribution >= 4 is 29.7 Å². The van der Waals surface area contributed by atoms with E-state index in [0.29, 0.717) is 30.6 Å². The first-order valence-electron chi connectivity index (χ1n) is 6.39. The normalized spacial score (nSPS) is 14.4. The molecule has 0 saturated carbocycles. The third-order valence-corrected chi connectivity index (χ3v) is 3.38. The van der Waals surface area contributed by atoms with Gasteiger partial charge < -0.3 is 10.6 Å². The molecule has 0 bridgehead atoms. The zero-order valence-corrected chi connectivity index (χ0v) is 12.1. The highest BCUT2D eigenvalue weighted by Crippen LogP contribution is 2.35. The summed E-state index contributed by atoms with van der Waals surface area (Å²) in [6.45, 7) is 2.44. The average molecular weight is 300 g/mol. The predicted octanol–water partition coefficient (Wildman–Crippen LogP) is 2.03. The molecule has 1 aromatic carbocycles. The van der Waals surface area contributed by atoms with Gasteiger partial charge in [0.05, 0.1) is 22.2 Å². The molecule has 1 unspecified atom stereocenters. The molecule has 0 radical (unpaired) electrons. The number of anilines is 1. The number of halogens is 1. The molecule has 1 aliphatic rings. The Bertz CT molecular complexity index is 522. The van der Waals surface area contributed by atoms with E-state index in [0.717, 1.165) is 6.42 Å². The van der Waals surface area contributed by atoms with E-state index >= 15 is 0 Å². The lowest BCUT2D eigenvalue weighted by Gasteiger charge is -2.21. The second-order valence-corrected chi connectivity index (χ2v) is 4.67. The molecule has 1 amide bonds. The topological polar surface area (TPSA) is 89.5 Å². The van der Waals surface area contributed by atoms with Crippen LogP contribution < -0.4 is 10.6 Å². The van der Waals surface area contributed by atoms with Crippen molar-refractivity contribution < 1.29 is 9.72 Å². The van der Waals surface area contributed by atoms with Gasteiger partial charge in [-0.05, 0) is 18.9 Å². The summed E-state index contributed by atoms with van der Waals surface area (Å²) in [6, 6.07) is 4.29. The number of fused-ring (bicyclic) bond motifs is 1. The summed E-state index contributed by atoms with van der Waals surface area (Å²) in [4.78, 5) is 24.3. The molecule has 6 nitrogen and oxygen atoms in total.